The number of hydrogen-bond acceptors (Lipinski definition) is 3. The summed E-state index contributed by atoms with van der Waals surface area (Å²) in [6.45, 7) is 2.36. The van der Waals surface area contributed by atoms with Crippen molar-refractivity contribution in [3.05, 3.63) is 35.4 Å². The molecule has 0 spiro atoms. The zero-order valence-electron chi connectivity index (χ0n) is 9.54. The highest BCUT2D eigenvalue weighted by atomic mass is 19.2. The van der Waals surface area contributed by atoms with E-state index in [4.69, 9.17) is 10.5 Å². The third-order valence-corrected chi connectivity index (χ3v) is 2.85. The monoisotopic (exact) mass is 240 g/mol. The number of rotatable bonds is 3. The van der Waals surface area contributed by atoms with E-state index in [0.717, 1.165) is 11.6 Å². The summed E-state index contributed by atoms with van der Waals surface area (Å²) in [4.78, 5) is 4.18. The Morgan fingerprint density at radius 2 is 2.18 bits per heavy atom. The van der Waals surface area contributed by atoms with Crippen molar-refractivity contribution >= 4 is 6.02 Å². The summed E-state index contributed by atoms with van der Waals surface area (Å²) in [7, 11) is 0. The van der Waals surface area contributed by atoms with E-state index in [1.165, 1.54) is 6.07 Å². The highest BCUT2D eigenvalue weighted by Gasteiger charge is 2.30. The molecule has 3 nitrogen and oxygen atoms in total. The number of benzene rings is 1. The molecule has 0 fully saturated rings. The predicted molar refractivity (Wildman–Crippen MR) is 60.7 cm³/mol. The Balaban J connectivity index is 2.00. The largest absolute Gasteiger partial charge is 0.463 e. The number of aryl methyl sites for hydroxylation is 1. The molecule has 2 rings (SSSR count). The highest BCUT2D eigenvalue weighted by molar-refractivity contribution is 5.73. The molecule has 1 aromatic carbocycles. The minimum absolute atomic E-state index is 0.192. The molecule has 0 bridgehead atoms. The number of ether oxygens (including phenoxy) is 1. The SMILES string of the molecule is CC1(CCc2ccc(F)c(F)c2)COC(N)=N1. The van der Waals surface area contributed by atoms with Gasteiger partial charge in [0.1, 0.15) is 6.61 Å². The first-order valence-electron chi connectivity index (χ1n) is 5.41. The second kappa shape index (κ2) is 4.31. The lowest BCUT2D eigenvalue weighted by Crippen LogP contribution is -2.24. The maximum atomic E-state index is 13.0. The lowest BCUT2D eigenvalue weighted by molar-refractivity contribution is 0.255. The lowest BCUT2D eigenvalue weighted by atomic mass is 9.95. The van der Waals surface area contributed by atoms with Gasteiger partial charge in [0.25, 0.3) is 6.02 Å². The van der Waals surface area contributed by atoms with E-state index in [1.807, 2.05) is 6.92 Å². The van der Waals surface area contributed by atoms with Gasteiger partial charge in [-0.25, -0.2) is 13.8 Å². The fourth-order valence-electron chi connectivity index (χ4n) is 1.80. The van der Waals surface area contributed by atoms with Crippen LogP contribution in [0.4, 0.5) is 8.78 Å². The topological polar surface area (TPSA) is 47.6 Å². The fraction of sp³-hybridized carbons (Fsp3) is 0.417. The maximum absolute atomic E-state index is 13.0. The summed E-state index contributed by atoms with van der Waals surface area (Å²) in [6.07, 6.45) is 1.28. The van der Waals surface area contributed by atoms with Gasteiger partial charge in [-0.2, -0.15) is 0 Å². The highest BCUT2D eigenvalue weighted by Crippen LogP contribution is 2.23. The summed E-state index contributed by atoms with van der Waals surface area (Å²) in [5, 5.41) is 0. The van der Waals surface area contributed by atoms with E-state index in [1.54, 1.807) is 6.07 Å². The van der Waals surface area contributed by atoms with Crippen molar-refractivity contribution in [2.75, 3.05) is 6.61 Å². The van der Waals surface area contributed by atoms with Crippen LogP contribution in [0.1, 0.15) is 18.9 Å². The van der Waals surface area contributed by atoms with E-state index < -0.39 is 11.6 Å². The normalized spacial score (nSPS) is 23.4. The molecule has 2 N–H and O–H groups in total. The van der Waals surface area contributed by atoms with Crippen molar-refractivity contribution in [2.24, 2.45) is 10.7 Å². The number of halogens is 2. The summed E-state index contributed by atoms with van der Waals surface area (Å²) in [6, 6.07) is 4.11. The van der Waals surface area contributed by atoms with Crippen LogP contribution < -0.4 is 5.73 Å². The molecule has 17 heavy (non-hydrogen) atoms. The molecule has 1 aliphatic heterocycles. The standard InChI is InChI=1S/C12H14F2N2O/c1-12(7-17-11(15)16-12)5-4-8-2-3-9(13)10(14)6-8/h2-3,6H,4-5,7H2,1H3,(H2,15,16). The number of amidine groups is 1. The molecule has 0 radical (unpaired) electrons. The second-order valence-electron chi connectivity index (χ2n) is 4.48. The van der Waals surface area contributed by atoms with Gasteiger partial charge >= 0.3 is 0 Å². The van der Waals surface area contributed by atoms with E-state index in [-0.39, 0.29) is 11.6 Å². The molecular formula is C12H14F2N2O. The molecule has 92 valence electrons. The van der Waals surface area contributed by atoms with Gasteiger partial charge in [0, 0.05) is 0 Å². The van der Waals surface area contributed by atoms with Gasteiger partial charge in [-0.05, 0) is 37.5 Å². The van der Waals surface area contributed by atoms with Crippen LogP contribution in [0, 0.1) is 11.6 Å². The molecule has 0 saturated carbocycles. The number of nitrogens with zero attached hydrogens (tertiary/aromatic N) is 1. The molecule has 0 aliphatic carbocycles. The number of aliphatic imine (C=N–C) groups is 1. The van der Waals surface area contributed by atoms with Crippen LogP contribution >= 0.6 is 0 Å². The first-order valence-corrected chi connectivity index (χ1v) is 5.41. The van der Waals surface area contributed by atoms with Crippen molar-refractivity contribution in [3.63, 3.8) is 0 Å². The van der Waals surface area contributed by atoms with E-state index in [2.05, 4.69) is 4.99 Å². The molecule has 1 aliphatic rings. The van der Waals surface area contributed by atoms with Crippen molar-refractivity contribution in [2.45, 2.75) is 25.3 Å². The first-order chi connectivity index (χ1) is 7.98. The van der Waals surface area contributed by atoms with E-state index in [9.17, 15) is 8.78 Å². The summed E-state index contributed by atoms with van der Waals surface area (Å²) >= 11 is 0. The molecule has 0 amide bonds. The minimum atomic E-state index is -0.827. The Hall–Kier alpha value is -1.65. The van der Waals surface area contributed by atoms with Gasteiger partial charge < -0.3 is 10.5 Å². The second-order valence-corrected chi connectivity index (χ2v) is 4.48. The van der Waals surface area contributed by atoms with Crippen LogP contribution in [0.15, 0.2) is 23.2 Å². The summed E-state index contributed by atoms with van der Waals surface area (Å²) < 4.78 is 30.8. The third kappa shape index (κ3) is 2.72. The summed E-state index contributed by atoms with van der Waals surface area (Å²) in [5.74, 6) is -1.65. The lowest BCUT2D eigenvalue weighted by Gasteiger charge is -2.17. The minimum Gasteiger partial charge on any atom is -0.463 e. The zero-order valence-corrected chi connectivity index (χ0v) is 9.54. The van der Waals surface area contributed by atoms with Crippen LogP contribution in [-0.4, -0.2) is 18.2 Å². The van der Waals surface area contributed by atoms with Crippen molar-refractivity contribution < 1.29 is 13.5 Å². The molecule has 0 aromatic heterocycles. The third-order valence-electron chi connectivity index (χ3n) is 2.85. The van der Waals surface area contributed by atoms with Crippen LogP contribution in [0.3, 0.4) is 0 Å². The van der Waals surface area contributed by atoms with Gasteiger partial charge in [0.2, 0.25) is 0 Å². The van der Waals surface area contributed by atoms with Gasteiger partial charge in [-0.15, -0.1) is 0 Å². The Morgan fingerprint density at radius 1 is 1.41 bits per heavy atom. The smallest absolute Gasteiger partial charge is 0.282 e. The van der Waals surface area contributed by atoms with Gasteiger partial charge in [0.15, 0.2) is 11.6 Å². The summed E-state index contributed by atoms with van der Waals surface area (Å²) in [5.41, 5.74) is 5.82. The average molecular weight is 240 g/mol. The van der Waals surface area contributed by atoms with Gasteiger partial charge in [0.05, 0.1) is 5.54 Å². The number of nitrogens with two attached hydrogens (primary N) is 1. The molecule has 1 unspecified atom stereocenters. The van der Waals surface area contributed by atoms with E-state index in [0.29, 0.717) is 19.4 Å². The van der Waals surface area contributed by atoms with Gasteiger partial charge in [-0.1, -0.05) is 6.07 Å². The fourth-order valence-corrected chi connectivity index (χ4v) is 1.80. The molecular weight excluding hydrogens is 226 g/mol. The molecule has 1 aromatic rings. The van der Waals surface area contributed by atoms with Crippen LogP contribution in [-0.2, 0) is 11.2 Å². The Labute approximate surface area is 98.3 Å². The molecule has 0 saturated heterocycles. The van der Waals surface area contributed by atoms with Crippen LogP contribution in [0.5, 0.6) is 0 Å². The van der Waals surface area contributed by atoms with Crippen molar-refractivity contribution in [1.29, 1.82) is 0 Å². The number of hydrogen-bond donors (Lipinski definition) is 1. The zero-order chi connectivity index (χ0) is 12.5. The Morgan fingerprint density at radius 3 is 2.76 bits per heavy atom. The Kier molecular flexibility index (Phi) is 3.00. The van der Waals surface area contributed by atoms with Crippen molar-refractivity contribution in [3.8, 4) is 0 Å². The molecule has 5 heteroatoms. The maximum Gasteiger partial charge on any atom is 0.282 e. The van der Waals surface area contributed by atoms with E-state index >= 15 is 0 Å². The van der Waals surface area contributed by atoms with Crippen molar-refractivity contribution in [1.82, 2.24) is 0 Å². The first kappa shape index (κ1) is 11.8. The van der Waals surface area contributed by atoms with Crippen LogP contribution in [0.25, 0.3) is 0 Å². The molecule has 1 heterocycles. The van der Waals surface area contributed by atoms with Crippen LogP contribution in [0.2, 0.25) is 0 Å². The van der Waals surface area contributed by atoms with Gasteiger partial charge in [-0.3, -0.25) is 0 Å². The quantitative estimate of drug-likeness (QED) is 0.878. The molecule has 1 atom stereocenters. The predicted octanol–water partition coefficient (Wildman–Crippen LogP) is 2.00. The average Bonchev–Trinajstić information content (AvgIpc) is 2.61. The Bertz CT molecular complexity index is 462.